The van der Waals surface area contributed by atoms with Gasteiger partial charge in [-0.3, -0.25) is 9.17 Å². The molecule has 0 spiro atoms. The molecule has 1 heterocycles. The summed E-state index contributed by atoms with van der Waals surface area (Å²) in [4.78, 5) is 14.0. The van der Waals surface area contributed by atoms with Gasteiger partial charge in [0, 0.05) is 17.5 Å². The van der Waals surface area contributed by atoms with Crippen LogP contribution in [-0.4, -0.2) is 9.36 Å². The van der Waals surface area contributed by atoms with Gasteiger partial charge in [0.2, 0.25) is 0 Å². The van der Waals surface area contributed by atoms with Crippen molar-refractivity contribution in [1.29, 1.82) is 0 Å². The number of nitrogens with zero attached hydrogens (tertiary/aromatic N) is 1. The van der Waals surface area contributed by atoms with E-state index in [2.05, 4.69) is 9.36 Å². The average Bonchev–Trinajstić information content (AvgIpc) is 2.14. The Balaban J connectivity index is 2.98. The highest BCUT2D eigenvalue weighted by Crippen LogP contribution is 2.05. The molecule has 0 aliphatic rings. The van der Waals surface area contributed by atoms with Crippen LogP contribution in [0.2, 0.25) is 0 Å². The fourth-order valence-corrected chi connectivity index (χ4v) is 1.10. The van der Waals surface area contributed by atoms with Gasteiger partial charge in [-0.05, 0) is 0 Å². The molecule has 0 aromatic carbocycles. The van der Waals surface area contributed by atoms with Crippen molar-refractivity contribution >= 4 is 11.5 Å². The molecule has 4 heteroatoms. The number of aromatic nitrogens is 2. The van der Waals surface area contributed by atoms with Gasteiger partial charge in [0.05, 0.1) is 0 Å². The average molecular weight is 144 g/mol. The summed E-state index contributed by atoms with van der Waals surface area (Å²) in [7, 11) is 0. The van der Waals surface area contributed by atoms with E-state index in [1.807, 2.05) is 13.8 Å². The molecule has 0 bridgehead atoms. The molecule has 1 N–H and O–H groups in total. The third kappa shape index (κ3) is 1.38. The van der Waals surface area contributed by atoms with Gasteiger partial charge in [0.1, 0.15) is 5.82 Å². The van der Waals surface area contributed by atoms with Crippen molar-refractivity contribution in [3.8, 4) is 0 Å². The minimum absolute atomic E-state index is 0.140. The van der Waals surface area contributed by atoms with Gasteiger partial charge in [-0.1, -0.05) is 13.8 Å². The summed E-state index contributed by atoms with van der Waals surface area (Å²) >= 11 is 1.04. The zero-order valence-corrected chi connectivity index (χ0v) is 6.16. The maximum absolute atomic E-state index is 10.5. The normalized spacial score (nSPS) is 10.6. The van der Waals surface area contributed by atoms with Gasteiger partial charge >= 0.3 is 4.87 Å². The Hall–Kier alpha value is -0.640. The van der Waals surface area contributed by atoms with Crippen molar-refractivity contribution in [2.75, 3.05) is 0 Å². The first-order valence-corrected chi connectivity index (χ1v) is 3.57. The smallest absolute Gasteiger partial charge is 0.294 e. The Bertz CT molecular complexity index is 237. The lowest BCUT2D eigenvalue weighted by Gasteiger charge is -1.93. The summed E-state index contributed by atoms with van der Waals surface area (Å²) in [6, 6.07) is 0. The Morgan fingerprint density at radius 1 is 1.67 bits per heavy atom. The number of H-pyrrole nitrogens is 1. The number of hydrogen-bond donors (Lipinski definition) is 1. The Morgan fingerprint density at radius 2 is 2.33 bits per heavy atom. The molecule has 1 aromatic heterocycles. The molecule has 9 heavy (non-hydrogen) atoms. The van der Waals surface area contributed by atoms with Crippen LogP contribution in [0.4, 0.5) is 0 Å². The van der Waals surface area contributed by atoms with E-state index in [9.17, 15) is 4.79 Å². The predicted octanol–water partition coefficient (Wildman–Crippen LogP) is 0.955. The quantitative estimate of drug-likeness (QED) is 0.638. The topological polar surface area (TPSA) is 45.8 Å². The van der Waals surface area contributed by atoms with E-state index < -0.39 is 0 Å². The lowest BCUT2D eigenvalue weighted by molar-refractivity contribution is 0.795. The van der Waals surface area contributed by atoms with Crippen molar-refractivity contribution in [1.82, 2.24) is 9.36 Å². The zero-order chi connectivity index (χ0) is 6.85. The minimum atomic E-state index is -0.140. The molecule has 0 aliphatic carbocycles. The van der Waals surface area contributed by atoms with Crippen LogP contribution < -0.4 is 4.87 Å². The molecule has 0 aliphatic heterocycles. The van der Waals surface area contributed by atoms with Crippen LogP contribution in [-0.2, 0) is 0 Å². The molecule has 0 saturated heterocycles. The summed E-state index contributed by atoms with van der Waals surface area (Å²) in [5.41, 5.74) is 0. The van der Waals surface area contributed by atoms with E-state index in [1.165, 1.54) is 0 Å². The third-order valence-corrected chi connectivity index (χ3v) is 1.58. The number of nitrogens with one attached hydrogen (secondary N) is 1. The van der Waals surface area contributed by atoms with Crippen molar-refractivity contribution in [3.05, 3.63) is 15.5 Å². The molecule has 0 atom stereocenters. The molecular weight excluding hydrogens is 136 g/mol. The first-order valence-electron chi connectivity index (χ1n) is 2.75. The van der Waals surface area contributed by atoms with Crippen molar-refractivity contribution < 1.29 is 0 Å². The molecule has 0 saturated carbocycles. The second-order valence-electron chi connectivity index (χ2n) is 2.12. The lowest BCUT2D eigenvalue weighted by atomic mass is 10.2. The van der Waals surface area contributed by atoms with Gasteiger partial charge in [0.25, 0.3) is 0 Å². The second kappa shape index (κ2) is 2.31. The Morgan fingerprint density at radius 3 is 2.56 bits per heavy atom. The molecule has 1 aromatic rings. The van der Waals surface area contributed by atoms with E-state index in [0.717, 1.165) is 17.4 Å². The van der Waals surface area contributed by atoms with Crippen molar-refractivity contribution in [2.24, 2.45) is 0 Å². The fourth-order valence-electron chi connectivity index (χ4n) is 0.487. The van der Waals surface area contributed by atoms with Gasteiger partial charge in [0.15, 0.2) is 0 Å². The van der Waals surface area contributed by atoms with E-state index in [0.29, 0.717) is 5.92 Å². The monoisotopic (exact) mass is 144 g/mol. The van der Waals surface area contributed by atoms with Gasteiger partial charge in [-0.25, -0.2) is 0 Å². The highest BCUT2D eigenvalue weighted by Gasteiger charge is 2.01. The van der Waals surface area contributed by atoms with Crippen LogP contribution in [0, 0.1) is 0 Å². The summed E-state index contributed by atoms with van der Waals surface area (Å²) in [5.74, 6) is 1.11. The van der Waals surface area contributed by atoms with Crippen LogP contribution in [0.15, 0.2) is 4.79 Å². The molecule has 1 rings (SSSR count). The van der Waals surface area contributed by atoms with E-state index in [-0.39, 0.29) is 4.87 Å². The predicted molar refractivity (Wildman–Crippen MR) is 36.8 cm³/mol. The molecule has 0 unspecified atom stereocenters. The van der Waals surface area contributed by atoms with Gasteiger partial charge in [-0.15, -0.1) is 0 Å². The van der Waals surface area contributed by atoms with E-state index >= 15 is 0 Å². The van der Waals surface area contributed by atoms with Crippen molar-refractivity contribution in [2.45, 2.75) is 19.8 Å². The molecule has 0 amide bonds. The van der Waals surface area contributed by atoms with Crippen LogP contribution in [0.5, 0.6) is 0 Å². The molecule has 0 radical (unpaired) electrons. The molecular formula is C5H8N2OS. The fraction of sp³-hybridized carbons (Fsp3) is 0.600. The van der Waals surface area contributed by atoms with Gasteiger partial charge < -0.3 is 0 Å². The van der Waals surface area contributed by atoms with Crippen molar-refractivity contribution in [3.63, 3.8) is 0 Å². The van der Waals surface area contributed by atoms with E-state index in [1.54, 1.807) is 0 Å². The maximum atomic E-state index is 10.5. The standard InChI is InChI=1S/C5H8N2OS/c1-3(2)4-6-5(8)9-7-4/h3H,1-2H3,(H,6,7,8). The first-order chi connectivity index (χ1) is 4.20. The minimum Gasteiger partial charge on any atom is -0.294 e. The summed E-state index contributed by atoms with van der Waals surface area (Å²) in [6.45, 7) is 3.98. The van der Waals surface area contributed by atoms with Gasteiger partial charge in [-0.2, -0.15) is 4.98 Å². The highest BCUT2D eigenvalue weighted by atomic mass is 32.1. The Kier molecular flexibility index (Phi) is 1.66. The van der Waals surface area contributed by atoms with E-state index in [4.69, 9.17) is 0 Å². The Labute approximate surface area is 56.9 Å². The highest BCUT2D eigenvalue weighted by molar-refractivity contribution is 7.02. The second-order valence-corrected chi connectivity index (χ2v) is 2.88. The lowest BCUT2D eigenvalue weighted by Crippen LogP contribution is -1.96. The number of aromatic amines is 1. The van der Waals surface area contributed by atoms with Crippen LogP contribution in [0.25, 0.3) is 0 Å². The molecule has 3 nitrogen and oxygen atoms in total. The van der Waals surface area contributed by atoms with Crippen LogP contribution in [0.3, 0.4) is 0 Å². The van der Waals surface area contributed by atoms with Crippen LogP contribution >= 0.6 is 11.5 Å². The SMILES string of the molecule is CC(C)c1nc(=O)s[nH]1. The summed E-state index contributed by atoms with van der Waals surface area (Å²) < 4.78 is 2.82. The maximum Gasteiger partial charge on any atom is 0.343 e. The summed E-state index contributed by atoms with van der Waals surface area (Å²) in [6.07, 6.45) is 0. The number of hydrogen-bond acceptors (Lipinski definition) is 3. The molecule has 0 fully saturated rings. The summed E-state index contributed by atoms with van der Waals surface area (Å²) in [5, 5.41) is 0. The first kappa shape index (κ1) is 6.48. The third-order valence-electron chi connectivity index (χ3n) is 1.00. The molecule has 50 valence electrons. The zero-order valence-electron chi connectivity index (χ0n) is 5.34. The van der Waals surface area contributed by atoms with Crippen LogP contribution in [0.1, 0.15) is 25.6 Å². The number of rotatable bonds is 1. The largest absolute Gasteiger partial charge is 0.343 e.